The van der Waals surface area contributed by atoms with Crippen LogP contribution in [0.5, 0.6) is 0 Å². The van der Waals surface area contributed by atoms with Crippen LogP contribution in [0.25, 0.3) is 6.08 Å². The van der Waals surface area contributed by atoms with Gasteiger partial charge in [-0.05, 0) is 57.2 Å². The van der Waals surface area contributed by atoms with E-state index in [2.05, 4.69) is 6.08 Å². The predicted molar refractivity (Wildman–Crippen MR) is 96.7 cm³/mol. The average Bonchev–Trinajstić information content (AvgIpc) is 3.14. The van der Waals surface area contributed by atoms with E-state index in [0.29, 0.717) is 25.5 Å². The molecule has 1 heterocycles. The summed E-state index contributed by atoms with van der Waals surface area (Å²) in [4.78, 5) is 25.8. The lowest BCUT2D eigenvalue weighted by atomic mass is 9.97. The highest BCUT2D eigenvalue weighted by Gasteiger charge is 2.15. The first-order chi connectivity index (χ1) is 12.2. The van der Waals surface area contributed by atoms with Crippen molar-refractivity contribution in [1.29, 1.82) is 0 Å². The fourth-order valence-corrected chi connectivity index (χ4v) is 2.85. The van der Waals surface area contributed by atoms with Crippen LogP contribution in [0.2, 0.25) is 0 Å². The monoisotopic (exact) mass is 345 g/mol. The summed E-state index contributed by atoms with van der Waals surface area (Å²) >= 11 is 0. The maximum Gasteiger partial charge on any atom is 0.307 e. The molecule has 1 aromatic rings. The van der Waals surface area contributed by atoms with Crippen LogP contribution < -0.4 is 0 Å². The number of hydrogen-bond acceptors (Lipinski definition) is 4. The third-order valence-electron chi connectivity index (χ3n) is 4.22. The van der Waals surface area contributed by atoms with Crippen molar-refractivity contribution in [3.8, 4) is 0 Å². The maximum atomic E-state index is 12.5. The number of ether oxygens (including phenoxy) is 1. The van der Waals surface area contributed by atoms with Crippen molar-refractivity contribution in [3.63, 3.8) is 0 Å². The Kier molecular flexibility index (Phi) is 8.02. The number of esters is 1. The lowest BCUT2D eigenvalue weighted by Gasteiger charge is -2.22. The van der Waals surface area contributed by atoms with Crippen LogP contribution in [0.15, 0.2) is 40.5 Å². The lowest BCUT2D eigenvalue weighted by Crippen LogP contribution is -2.33. The molecule has 136 valence electrons. The van der Waals surface area contributed by atoms with E-state index >= 15 is 0 Å². The van der Waals surface area contributed by atoms with E-state index in [-0.39, 0.29) is 18.3 Å². The lowest BCUT2D eigenvalue weighted by molar-refractivity contribution is -0.143. The molecule has 2 rings (SSSR count). The van der Waals surface area contributed by atoms with E-state index in [4.69, 9.17) is 9.15 Å². The van der Waals surface area contributed by atoms with E-state index in [1.165, 1.54) is 24.5 Å². The van der Waals surface area contributed by atoms with E-state index in [0.717, 1.165) is 19.3 Å². The zero-order valence-electron chi connectivity index (χ0n) is 14.9. The van der Waals surface area contributed by atoms with Gasteiger partial charge in [0, 0.05) is 19.2 Å². The molecule has 0 fully saturated rings. The third-order valence-corrected chi connectivity index (χ3v) is 4.22. The van der Waals surface area contributed by atoms with Gasteiger partial charge in [-0.25, -0.2) is 0 Å². The van der Waals surface area contributed by atoms with Crippen molar-refractivity contribution in [3.05, 3.63) is 41.9 Å². The van der Waals surface area contributed by atoms with Crippen molar-refractivity contribution in [2.75, 3.05) is 19.7 Å². The Labute approximate surface area is 149 Å². The number of allylic oxidation sites excluding steroid dienone is 1. The smallest absolute Gasteiger partial charge is 0.307 e. The summed E-state index contributed by atoms with van der Waals surface area (Å²) in [6.07, 6.45) is 12.8. The topological polar surface area (TPSA) is 59.8 Å². The highest BCUT2D eigenvalue weighted by atomic mass is 16.5. The van der Waals surface area contributed by atoms with Gasteiger partial charge in [0.2, 0.25) is 5.91 Å². The van der Waals surface area contributed by atoms with Crippen LogP contribution in [-0.2, 0) is 14.3 Å². The molecule has 0 atom stereocenters. The molecule has 25 heavy (non-hydrogen) atoms. The average molecular weight is 345 g/mol. The Morgan fingerprint density at radius 1 is 1.32 bits per heavy atom. The molecule has 0 aliphatic heterocycles. The second kappa shape index (κ2) is 10.5. The Bertz CT molecular complexity index is 601. The van der Waals surface area contributed by atoms with Crippen LogP contribution in [0, 0.1) is 0 Å². The van der Waals surface area contributed by atoms with Gasteiger partial charge in [-0.3, -0.25) is 9.59 Å². The van der Waals surface area contributed by atoms with Gasteiger partial charge in [-0.15, -0.1) is 0 Å². The van der Waals surface area contributed by atoms with Gasteiger partial charge in [-0.2, -0.15) is 0 Å². The van der Waals surface area contributed by atoms with Crippen molar-refractivity contribution in [2.24, 2.45) is 0 Å². The van der Waals surface area contributed by atoms with Gasteiger partial charge in [-0.1, -0.05) is 11.6 Å². The summed E-state index contributed by atoms with van der Waals surface area (Å²) < 4.78 is 10.2. The van der Waals surface area contributed by atoms with Crippen LogP contribution >= 0.6 is 0 Å². The van der Waals surface area contributed by atoms with Gasteiger partial charge in [0.05, 0.1) is 19.3 Å². The Morgan fingerprint density at radius 3 is 2.88 bits per heavy atom. The standard InChI is InChI=1S/C20H27NO4/c1-2-24-20(23)13-15-21(14-12-17-7-4-3-5-8-17)19(22)11-10-18-9-6-16-25-18/h6-7,9-11,16H,2-5,8,12-15H2,1H3/b11-10+. The zero-order valence-corrected chi connectivity index (χ0v) is 14.9. The minimum atomic E-state index is -0.271. The summed E-state index contributed by atoms with van der Waals surface area (Å²) in [5.41, 5.74) is 1.41. The molecule has 5 heteroatoms. The molecule has 0 bridgehead atoms. The normalized spacial score (nSPS) is 14.4. The first-order valence-corrected chi connectivity index (χ1v) is 9.03. The van der Waals surface area contributed by atoms with Crippen molar-refractivity contribution < 1.29 is 18.7 Å². The van der Waals surface area contributed by atoms with Gasteiger partial charge in [0.15, 0.2) is 0 Å². The van der Waals surface area contributed by atoms with Gasteiger partial charge < -0.3 is 14.1 Å². The number of carbonyl (C=O) groups is 2. The van der Waals surface area contributed by atoms with Gasteiger partial charge in [0.1, 0.15) is 5.76 Å². The number of rotatable bonds is 9. The summed E-state index contributed by atoms with van der Waals surface area (Å²) in [5.74, 6) is 0.248. The molecule has 0 aromatic carbocycles. The summed E-state index contributed by atoms with van der Waals surface area (Å²) in [7, 11) is 0. The van der Waals surface area contributed by atoms with E-state index in [1.54, 1.807) is 36.3 Å². The Balaban J connectivity index is 1.92. The van der Waals surface area contributed by atoms with Crippen LogP contribution in [0.4, 0.5) is 0 Å². The van der Waals surface area contributed by atoms with E-state index in [9.17, 15) is 9.59 Å². The number of hydrogen-bond donors (Lipinski definition) is 0. The van der Waals surface area contributed by atoms with Crippen LogP contribution in [0.1, 0.15) is 51.2 Å². The quantitative estimate of drug-likeness (QED) is 0.386. The fourth-order valence-electron chi connectivity index (χ4n) is 2.85. The highest BCUT2D eigenvalue weighted by molar-refractivity contribution is 5.91. The summed E-state index contributed by atoms with van der Waals surface area (Å²) in [6.45, 7) is 3.13. The first kappa shape index (κ1) is 19.0. The molecular weight excluding hydrogens is 318 g/mol. The molecule has 1 aromatic heterocycles. The summed E-state index contributed by atoms with van der Waals surface area (Å²) in [6, 6.07) is 3.57. The van der Waals surface area contributed by atoms with Crippen molar-refractivity contribution in [2.45, 2.75) is 45.4 Å². The van der Waals surface area contributed by atoms with Crippen LogP contribution in [0.3, 0.4) is 0 Å². The molecule has 0 saturated heterocycles. The van der Waals surface area contributed by atoms with Crippen LogP contribution in [-0.4, -0.2) is 36.5 Å². The van der Waals surface area contributed by atoms with Gasteiger partial charge >= 0.3 is 5.97 Å². The molecular formula is C20H27NO4. The highest BCUT2D eigenvalue weighted by Crippen LogP contribution is 2.20. The second-order valence-corrected chi connectivity index (χ2v) is 6.09. The molecule has 0 spiro atoms. The van der Waals surface area contributed by atoms with E-state index < -0.39 is 0 Å². The Morgan fingerprint density at radius 2 is 2.20 bits per heavy atom. The Hall–Kier alpha value is -2.30. The number of amides is 1. The van der Waals surface area contributed by atoms with Gasteiger partial charge in [0.25, 0.3) is 0 Å². The van der Waals surface area contributed by atoms with Crippen molar-refractivity contribution in [1.82, 2.24) is 4.90 Å². The molecule has 0 unspecified atom stereocenters. The number of furan rings is 1. The number of carbonyl (C=O) groups excluding carboxylic acids is 2. The molecule has 1 amide bonds. The zero-order chi connectivity index (χ0) is 17.9. The fraction of sp³-hybridized carbons (Fsp3) is 0.500. The van der Waals surface area contributed by atoms with E-state index in [1.807, 2.05) is 0 Å². The molecule has 0 saturated carbocycles. The molecule has 1 aliphatic carbocycles. The van der Waals surface area contributed by atoms with Crippen molar-refractivity contribution >= 4 is 18.0 Å². The largest absolute Gasteiger partial charge is 0.466 e. The molecule has 0 N–H and O–H groups in total. The third kappa shape index (κ3) is 6.99. The molecule has 0 radical (unpaired) electrons. The minimum absolute atomic E-state index is 0.114. The molecule has 1 aliphatic rings. The molecule has 5 nitrogen and oxygen atoms in total. The number of nitrogens with zero attached hydrogens (tertiary/aromatic N) is 1. The first-order valence-electron chi connectivity index (χ1n) is 9.03. The minimum Gasteiger partial charge on any atom is -0.466 e. The predicted octanol–water partition coefficient (Wildman–Crippen LogP) is 3.97. The SMILES string of the molecule is CCOC(=O)CCN(CCC1=CCCCC1)C(=O)/C=C/c1ccco1. The maximum absolute atomic E-state index is 12.5. The second-order valence-electron chi connectivity index (χ2n) is 6.09. The summed E-state index contributed by atoms with van der Waals surface area (Å²) in [5, 5.41) is 0.